The van der Waals surface area contributed by atoms with Crippen LogP contribution < -0.4 is 5.32 Å². The quantitative estimate of drug-likeness (QED) is 0.686. The Labute approximate surface area is 179 Å². The lowest BCUT2D eigenvalue weighted by molar-refractivity contribution is -0.120. The number of hydrogen-bond donors (Lipinski definition) is 1. The van der Waals surface area contributed by atoms with Gasteiger partial charge in [0.15, 0.2) is 0 Å². The molecule has 7 nitrogen and oxygen atoms in total. The van der Waals surface area contributed by atoms with E-state index < -0.39 is 12.2 Å². The molecule has 31 heavy (non-hydrogen) atoms. The highest BCUT2D eigenvalue weighted by Crippen LogP contribution is 2.25. The van der Waals surface area contributed by atoms with Gasteiger partial charge in [-0.2, -0.15) is 5.26 Å². The summed E-state index contributed by atoms with van der Waals surface area (Å²) >= 11 is 0. The number of aromatic nitrogens is 3. The lowest BCUT2D eigenvalue weighted by Gasteiger charge is -2.23. The number of pyridine rings is 1. The number of aryl methyl sites for hydroxylation is 1. The zero-order chi connectivity index (χ0) is 21.8. The normalized spacial score (nSPS) is 18.5. The third-order valence-electron chi connectivity index (χ3n) is 5.34. The van der Waals surface area contributed by atoms with Crippen LogP contribution in [0.2, 0.25) is 0 Å². The minimum absolute atomic E-state index is 0.149. The molecule has 0 spiro atoms. The lowest BCUT2D eigenvalue weighted by atomic mass is 10.1. The third kappa shape index (κ3) is 4.73. The van der Waals surface area contributed by atoms with Gasteiger partial charge in [-0.3, -0.25) is 24.6 Å². The number of rotatable bonds is 5. The van der Waals surface area contributed by atoms with Gasteiger partial charge in [-0.1, -0.05) is 12.1 Å². The van der Waals surface area contributed by atoms with Crippen molar-refractivity contribution in [3.63, 3.8) is 0 Å². The summed E-state index contributed by atoms with van der Waals surface area (Å²) in [5, 5.41) is 11.9. The number of hydrogen-bond acceptors (Lipinski definition) is 6. The van der Waals surface area contributed by atoms with E-state index in [4.69, 9.17) is 5.26 Å². The SMILES string of the molecule is Cc1nccnc1CN1C[C@@H](F)C[C@@H]1C(=O)Nc1ccc(-c2cncc(C#N)c2)cc1. The smallest absolute Gasteiger partial charge is 0.241 e. The number of halogens is 1. The lowest BCUT2D eigenvalue weighted by Crippen LogP contribution is -2.39. The first-order valence-electron chi connectivity index (χ1n) is 9.94. The Morgan fingerprint density at radius 1 is 1.23 bits per heavy atom. The van der Waals surface area contributed by atoms with Gasteiger partial charge >= 0.3 is 0 Å². The van der Waals surface area contributed by atoms with Crippen molar-refractivity contribution in [1.82, 2.24) is 19.9 Å². The molecule has 0 saturated carbocycles. The number of alkyl halides is 1. The van der Waals surface area contributed by atoms with Crippen LogP contribution in [0.5, 0.6) is 0 Å². The number of carbonyl (C=O) groups excluding carboxylic acids is 1. The largest absolute Gasteiger partial charge is 0.325 e. The van der Waals surface area contributed by atoms with Crippen molar-refractivity contribution in [3.05, 3.63) is 72.1 Å². The molecule has 3 heterocycles. The predicted molar refractivity (Wildman–Crippen MR) is 113 cm³/mol. The van der Waals surface area contributed by atoms with Gasteiger partial charge < -0.3 is 5.32 Å². The molecule has 0 unspecified atom stereocenters. The maximum Gasteiger partial charge on any atom is 0.241 e. The number of nitrogens with zero attached hydrogens (tertiary/aromatic N) is 5. The zero-order valence-corrected chi connectivity index (χ0v) is 17.0. The minimum Gasteiger partial charge on any atom is -0.325 e. The second-order valence-electron chi connectivity index (χ2n) is 7.51. The Kier molecular flexibility index (Phi) is 5.96. The Morgan fingerprint density at radius 2 is 2.00 bits per heavy atom. The van der Waals surface area contributed by atoms with Gasteiger partial charge in [0.25, 0.3) is 0 Å². The third-order valence-corrected chi connectivity index (χ3v) is 5.34. The molecule has 156 valence electrons. The van der Waals surface area contributed by atoms with Gasteiger partial charge in [0.1, 0.15) is 12.2 Å². The first kappa shape index (κ1) is 20.6. The van der Waals surface area contributed by atoms with Crippen molar-refractivity contribution < 1.29 is 9.18 Å². The molecule has 0 bridgehead atoms. The van der Waals surface area contributed by atoms with Crippen molar-refractivity contribution in [3.8, 4) is 17.2 Å². The number of nitrogens with one attached hydrogen (secondary N) is 1. The van der Waals surface area contributed by atoms with E-state index in [9.17, 15) is 9.18 Å². The van der Waals surface area contributed by atoms with E-state index in [2.05, 4.69) is 26.3 Å². The van der Waals surface area contributed by atoms with Crippen LogP contribution in [-0.4, -0.2) is 44.5 Å². The summed E-state index contributed by atoms with van der Waals surface area (Å²) in [5.41, 5.74) is 4.32. The van der Waals surface area contributed by atoms with Crippen molar-refractivity contribution in [2.24, 2.45) is 0 Å². The molecule has 3 aromatic rings. The Bertz CT molecular complexity index is 1130. The van der Waals surface area contributed by atoms with E-state index in [1.807, 2.05) is 24.0 Å². The number of anilines is 1. The van der Waals surface area contributed by atoms with Crippen molar-refractivity contribution >= 4 is 11.6 Å². The highest BCUT2D eigenvalue weighted by Gasteiger charge is 2.37. The van der Waals surface area contributed by atoms with Gasteiger partial charge in [-0.05, 0) is 30.7 Å². The summed E-state index contributed by atoms with van der Waals surface area (Å²) in [6.07, 6.45) is 5.49. The average Bonchev–Trinajstić information content (AvgIpc) is 3.16. The first-order chi connectivity index (χ1) is 15.0. The van der Waals surface area contributed by atoms with Gasteiger partial charge in [-0.25, -0.2) is 4.39 Å². The van der Waals surface area contributed by atoms with Gasteiger partial charge in [0, 0.05) is 55.5 Å². The Balaban J connectivity index is 1.45. The topological polar surface area (TPSA) is 94.8 Å². The van der Waals surface area contributed by atoms with Crippen LogP contribution in [0.15, 0.2) is 55.1 Å². The molecule has 1 aromatic carbocycles. The highest BCUT2D eigenvalue weighted by atomic mass is 19.1. The molecule has 2 aromatic heterocycles. The molecule has 8 heteroatoms. The maximum atomic E-state index is 14.1. The van der Waals surface area contributed by atoms with Crippen LogP contribution >= 0.6 is 0 Å². The van der Waals surface area contributed by atoms with E-state index in [1.165, 1.54) is 6.20 Å². The van der Waals surface area contributed by atoms with Crippen LogP contribution in [0.4, 0.5) is 10.1 Å². The van der Waals surface area contributed by atoms with Crippen molar-refractivity contribution in [2.45, 2.75) is 32.1 Å². The highest BCUT2D eigenvalue weighted by molar-refractivity contribution is 5.95. The fraction of sp³-hybridized carbons (Fsp3) is 0.261. The summed E-state index contributed by atoms with van der Waals surface area (Å²) in [6, 6.07) is 10.5. The summed E-state index contributed by atoms with van der Waals surface area (Å²) in [5.74, 6) is -0.248. The zero-order valence-electron chi connectivity index (χ0n) is 17.0. The minimum atomic E-state index is -1.06. The molecule has 4 rings (SSSR count). The number of likely N-dealkylation sites (tertiary alicyclic amines) is 1. The monoisotopic (exact) mass is 416 g/mol. The molecule has 0 aliphatic carbocycles. The first-order valence-corrected chi connectivity index (χ1v) is 9.94. The molecule has 1 N–H and O–H groups in total. The average molecular weight is 416 g/mol. The Hall–Kier alpha value is -3.70. The van der Waals surface area contributed by atoms with E-state index in [0.717, 1.165) is 22.5 Å². The van der Waals surface area contributed by atoms with Crippen LogP contribution in [0.3, 0.4) is 0 Å². The second kappa shape index (κ2) is 8.98. The molecule has 1 fully saturated rings. The molecule has 0 radical (unpaired) electrons. The van der Waals surface area contributed by atoms with Crippen LogP contribution in [0, 0.1) is 18.3 Å². The summed E-state index contributed by atoms with van der Waals surface area (Å²) in [4.78, 5) is 27.3. The van der Waals surface area contributed by atoms with Crippen LogP contribution in [0.1, 0.15) is 23.4 Å². The molecule has 2 atom stereocenters. The van der Waals surface area contributed by atoms with Crippen molar-refractivity contribution in [2.75, 3.05) is 11.9 Å². The maximum absolute atomic E-state index is 14.1. The van der Waals surface area contributed by atoms with Crippen LogP contribution in [-0.2, 0) is 11.3 Å². The van der Waals surface area contributed by atoms with E-state index in [1.54, 1.807) is 36.8 Å². The summed E-state index contributed by atoms with van der Waals surface area (Å²) < 4.78 is 14.1. The van der Waals surface area contributed by atoms with E-state index in [-0.39, 0.29) is 18.9 Å². The second-order valence-corrected chi connectivity index (χ2v) is 7.51. The molecular formula is C23H21FN6O. The van der Waals surface area contributed by atoms with Crippen LogP contribution in [0.25, 0.3) is 11.1 Å². The summed E-state index contributed by atoms with van der Waals surface area (Å²) in [7, 11) is 0. The fourth-order valence-electron chi connectivity index (χ4n) is 3.71. The van der Waals surface area contributed by atoms with E-state index in [0.29, 0.717) is 17.8 Å². The fourth-order valence-corrected chi connectivity index (χ4v) is 3.71. The standard InChI is InChI=1S/C23H21FN6O/c1-15-21(28-7-6-27-15)14-30-13-19(24)9-22(30)23(31)29-20-4-2-17(3-5-20)18-8-16(10-25)11-26-12-18/h2-8,11-12,19,22H,9,13-14H2,1H3,(H,29,31)/t19-,22+/m0/s1. The number of nitriles is 1. The Morgan fingerprint density at radius 3 is 2.74 bits per heavy atom. The van der Waals surface area contributed by atoms with Crippen molar-refractivity contribution in [1.29, 1.82) is 5.26 Å². The van der Waals surface area contributed by atoms with Gasteiger partial charge in [-0.15, -0.1) is 0 Å². The summed E-state index contributed by atoms with van der Waals surface area (Å²) in [6.45, 7) is 2.42. The molecular weight excluding hydrogens is 395 g/mol. The molecule has 1 amide bonds. The number of carbonyl (C=O) groups is 1. The number of amides is 1. The molecule has 1 aliphatic rings. The van der Waals surface area contributed by atoms with Gasteiger partial charge in [0.2, 0.25) is 5.91 Å². The van der Waals surface area contributed by atoms with E-state index >= 15 is 0 Å². The van der Waals surface area contributed by atoms with Gasteiger partial charge in [0.05, 0.1) is 23.0 Å². The predicted octanol–water partition coefficient (Wildman–Crippen LogP) is 3.27. The molecule has 1 aliphatic heterocycles. The molecule has 1 saturated heterocycles. The number of benzene rings is 1.